The molecule has 1 fully saturated rings. The van der Waals surface area contributed by atoms with Gasteiger partial charge in [-0.2, -0.15) is 0 Å². The molecule has 5 nitrogen and oxygen atoms in total. The van der Waals surface area contributed by atoms with Gasteiger partial charge in [-0.1, -0.05) is 42.5 Å². The van der Waals surface area contributed by atoms with Gasteiger partial charge in [-0.15, -0.1) is 0 Å². The van der Waals surface area contributed by atoms with Gasteiger partial charge in [0.15, 0.2) is 5.11 Å². The summed E-state index contributed by atoms with van der Waals surface area (Å²) < 4.78 is 2.14. The van der Waals surface area contributed by atoms with Gasteiger partial charge in [-0.3, -0.25) is 19.4 Å². The highest BCUT2D eigenvalue weighted by Gasteiger charge is 2.41. The van der Waals surface area contributed by atoms with Gasteiger partial charge in [0.25, 0.3) is 11.8 Å². The Bertz CT molecular complexity index is 1510. The number of carbonyl (C=O) groups is 2. The molecule has 2 heterocycles. The molecule has 5 rings (SSSR count). The van der Waals surface area contributed by atoms with Crippen molar-refractivity contribution in [2.24, 2.45) is 0 Å². The second-order valence-electron chi connectivity index (χ2n) is 9.22. The highest BCUT2D eigenvalue weighted by atomic mass is 32.1. The van der Waals surface area contributed by atoms with E-state index in [0.717, 1.165) is 22.6 Å². The summed E-state index contributed by atoms with van der Waals surface area (Å²) in [6, 6.07) is 26.7. The van der Waals surface area contributed by atoms with Crippen LogP contribution in [0.4, 0.5) is 11.4 Å². The fourth-order valence-corrected chi connectivity index (χ4v) is 5.07. The third-order valence-electron chi connectivity index (χ3n) is 6.80. The lowest BCUT2D eigenvalue weighted by Gasteiger charge is -2.36. The van der Waals surface area contributed by atoms with E-state index < -0.39 is 11.8 Å². The molecular formula is C31H27N3O2S. The van der Waals surface area contributed by atoms with Gasteiger partial charge in [0.2, 0.25) is 0 Å². The molecule has 1 saturated heterocycles. The Balaban J connectivity index is 1.65. The first kappa shape index (κ1) is 24.4. The number of anilines is 2. The monoisotopic (exact) mass is 505 g/mol. The number of aromatic nitrogens is 1. The van der Waals surface area contributed by atoms with Gasteiger partial charge in [-0.05, 0) is 105 Å². The number of para-hydroxylation sites is 2. The molecule has 0 unspecified atom stereocenters. The zero-order valence-corrected chi connectivity index (χ0v) is 22.0. The van der Waals surface area contributed by atoms with Crippen molar-refractivity contribution in [2.75, 3.05) is 9.80 Å². The van der Waals surface area contributed by atoms with Gasteiger partial charge in [0, 0.05) is 17.1 Å². The lowest BCUT2D eigenvalue weighted by atomic mass is 10.0. The van der Waals surface area contributed by atoms with Crippen LogP contribution in [0.1, 0.15) is 28.1 Å². The number of benzene rings is 3. The van der Waals surface area contributed by atoms with Crippen molar-refractivity contribution in [3.8, 4) is 5.69 Å². The van der Waals surface area contributed by atoms with Crippen LogP contribution in [0.15, 0.2) is 90.5 Å². The van der Waals surface area contributed by atoms with Crippen molar-refractivity contribution < 1.29 is 9.59 Å². The molecule has 1 aliphatic heterocycles. The number of nitrogens with zero attached hydrogens (tertiary/aromatic N) is 3. The molecule has 0 saturated carbocycles. The summed E-state index contributed by atoms with van der Waals surface area (Å²) in [4.78, 5) is 30.5. The maximum atomic E-state index is 13.8. The van der Waals surface area contributed by atoms with Crippen molar-refractivity contribution in [1.82, 2.24) is 4.57 Å². The fraction of sp³-hybridized carbons (Fsp3) is 0.129. The molecule has 0 aliphatic carbocycles. The molecular weight excluding hydrogens is 478 g/mol. The molecule has 2 amide bonds. The minimum atomic E-state index is -0.440. The summed E-state index contributed by atoms with van der Waals surface area (Å²) >= 11 is 5.70. The Labute approximate surface area is 222 Å². The Morgan fingerprint density at radius 2 is 1.19 bits per heavy atom. The second kappa shape index (κ2) is 9.64. The van der Waals surface area contributed by atoms with Crippen LogP contribution in [0, 0.1) is 27.7 Å². The molecule has 0 radical (unpaired) electrons. The summed E-state index contributed by atoms with van der Waals surface area (Å²) in [6.45, 7) is 8.21. The summed E-state index contributed by atoms with van der Waals surface area (Å²) in [5, 5.41) is 0.130. The van der Waals surface area contributed by atoms with E-state index in [1.165, 1.54) is 20.9 Å². The highest BCUT2D eigenvalue weighted by molar-refractivity contribution is 7.81. The molecule has 0 N–H and O–H groups in total. The van der Waals surface area contributed by atoms with Crippen molar-refractivity contribution in [3.05, 3.63) is 119 Å². The maximum absolute atomic E-state index is 13.8. The predicted octanol–water partition coefficient (Wildman–Crippen LogP) is 6.46. The lowest BCUT2D eigenvalue weighted by molar-refractivity contribution is -0.120. The normalized spacial score (nSPS) is 13.9. The van der Waals surface area contributed by atoms with E-state index in [2.05, 4.69) is 36.6 Å². The molecule has 6 heteroatoms. The number of aryl methyl sites for hydroxylation is 3. The maximum Gasteiger partial charge on any atom is 0.270 e. The van der Waals surface area contributed by atoms with Crippen LogP contribution >= 0.6 is 12.2 Å². The zero-order chi connectivity index (χ0) is 26.3. The number of hydrogen-bond donors (Lipinski definition) is 0. The molecule has 1 aromatic heterocycles. The van der Waals surface area contributed by atoms with Crippen LogP contribution in [0.25, 0.3) is 11.8 Å². The molecule has 0 bridgehead atoms. The summed E-state index contributed by atoms with van der Waals surface area (Å²) in [5.41, 5.74) is 7.51. The molecule has 0 atom stereocenters. The van der Waals surface area contributed by atoms with Crippen LogP contribution in [-0.4, -0.2) is 21.5 Å². The number of carbonyl (C=O) groups excluding carboxylic acids is 2. The van der Waals surface area contributed by atoms with Gasteiger partial charge < -0.3 is 4.57 Å². The van der Waals surface area contributed by atoms with E-state index in [9.17, 15) is 9.59 Å². The first-order chi connectivity index (χ1) is 17.8. The molecule has 4 aromatic rings. The molecule has 1 aliphatic rings. The number of amides is 2. The van der Waals surface area contributed by atoms with Crippen molar-refractivity contribution in [3.63, 3.8) is 0 Å². The van der Waals surface area contributed by atoms with Crippen LogP contribution in [0.2, 0.25) is 0 Å². The number of hydrogen-bond acceptors (Lipinski definition) is 3. The topological polar surface area (TPSA) is 45.6 Å². The Morgan fingerprint density at radius 3 is 1.70 bits per heavy atom. The fourth-order valence-electron chi connectivity index (χ4n) is 4.69. The number of thiocarbonyl (C=S) groups is 1. The van der Waals surface area contributed by atoms with Crippen LogP contribution < -0.4 is 9.80 Å². The van der Waals surface area contributed by atoms with Crippen molar-refractivity contribution in [2.45, 2.75) is 27.7 Å². The minimum Gasteiger partial charge on any atom is -0.318 e. The van der Waals surface area contributed by atoms with Crippen molar-refractivity contribution in [1.29, 1.82) is 0 Å². The molecule has 184 valence electrons. The first-order valence-electron chi connectivity index (χ1n) is 12.1. The van der Waals surface area contributed by atoms with Crippen LogP contribution in [0.3, 0.4) is 0 Å². The van der Waals surface area contributed by atoms with Gasteiger partial charge in [-0.25, -0.2) is 0 Å². The Hall–Kier alpha value is -4.29. The predicted molar refractivity (Wildman–Crippen MR) is 153 cm³/mol. The molecule has 0 spiro atoms. The smallest absolute Gasteiger partial charge is 0.270 e. The van der Waals surface area contributed by atoms with Gasteiger partial charge >= 0.3 is 0 Å². The average molecular weight is 506 g/mol. The van der Waals surface area contributed by atoms with E-state index in [1.807, 2.05) is 80.6 Å². The van der Waals surface area contributed by atoms with E-state index in [-0.39, 0.29) is 10.7 Å². The third kappa shape index (κ3) is 4.30. The van der Waals surface area contributed by atoms with E-state index in [4.69, 9.17) is 12.2 Å². The molecule has 37 heavy (non-hydrogen) atoms. The number of rotatable bonds is 4. The standard InChI is InChI=1S/C31H27N3O2S/c1-20-15-16-27(17-21(20)2)32-22(3)18-24(23(32)4)19-28-29(35)33(25-11-7-5-8-12-25)31(37)34(30(28)36)26-13-9-6-10-14-26/h5-19H,1-4H3. The average Bonchev–Trinajstić information content (AvgIpc) is 3.17. The summed E-state index contributed by atoms with van der Waals surface area (Å²) in [6.07, 6.45) is 1.69. The summed E-state index contributed by atoms with van der Waals surface area (Å²) in [7, 11) is 0. The first-order valence-corrected chi connectivity index (χ1v) is 12.5. The van der Waals surface area contributed by atoms with E-state index in [1.54, 1.807) is 6.08 Å². The third-order valence-corrected chi connectivity index (χ3v) is 7.16. The quantitative estimate of drug-likeness (QED) is 0.182. The Morgan fingerprint density at radius 1 is 0.649 bits per heavy atom. The Kier molecular flexibility index (Phi) is 6.36. The molecule has 3 aromatic carbocycles. The lowest BCUT2D eigenvalue weighted by Crippen LogP contribution is -2.56. The van der Waals surface area contributed by atoms with Crippen LogP contribution in [0.5, 0.6) is 0 Å². The largest absolute Gasteiger partial charge is 0.318 e. The minimum absolute atomic E-state index is 0.0571. The summed E-state index contributed by atoms with van der Waals surface area (Å²) in [5.74, 6) is -0.881. The van der Waals surface area contributed by atoms with Crippen molar-refractivity contribution >= 4 is 46.6 Å². The highest BCUT2D eigenvalue weighted by Crippen LogP contribution is 2.31. The van der Waals surface area contributed by atoms with Gasteiger partial charge in [0.1, 0.15) is 5.57 Å². The SMILES string of the molecule is Cc1ccc(-n2c(C)cc(C=C3C(=O)N(c4ccccc4)C(=S)N(c4ccccc4)C3=O)c2C)cc1C. The van der Waals surface area contributed by atoms with Crippen LogP contribution in [-0.2, 0) is 9.59 Å². The van der Waals surface area contributed by atoms with E-state index in [0.29, 0.717) is 11.4 Å². The zero-order valence-electron chi connectivity index (χ0n) is 21.2. The second-order valence-corrected chi connectivity index (χ2v) is 9.59. The van der Waals surface area contributed by atoms with Gasteiger partial charge in [0.05, 0.1) is 11.4 Å². The van der Waals surface area contributed by atoms with E-state index >= 15 is 0 Å².